The molecule has 7 rings (SSSR count). The number of nitrogens with zero attached hydrogens (tertiary/aromatic N) is 3. The normalized spacial score (nSPS) is 13.2. The van der Waals surface area contributed by atoms with E-state index in [-0.39, 0.29) is 18.2 Å². The van der Waals surface area contributed by atoms with E-state index in [1.807, 2.05) is 41.3 Å². The number of thiazole rings is 1. The molecular formula is C43H37F3N4O6S. The molecule has 292 valence electrons. The summed E-state index contributed by atoms with van der Waals surface area (Å²) in [6.45, 7) is 4.22. The number of hydrogen-bond acceptors (Lipinski definition) is 9. The van der Waals surface area contributed by atoms with Crippen LogP contribution in [0.5, 0.6) is 11.5 Å². The SMILES string of the molecule is CCOC(=O)CC(Cc1ccc(Oc2cccc(-c3ccc(N4CCc5cccc(C(=O)Nc6nc7ccccc7s6)c5C4)nc3C(=O)O)c2C)cc1)C(F)(F)F. The second kappa shape index (κ2) is 16.4. The van der Waals surface area contributed by atoms with E-state index in [0.717, 1.165) is 21.3 Å². The van der Waals surface area contributed by atoms with Gasteiger partial charge >= 0.3 is 18.1 Å². The molecule has 1 aliphatic heterocycles. The molecule has 6 aromatic rings. The van der Waals surface area contributed by atoms with Gasteiger partial charge in [0.1, 0.15) is 17.3 Å². The highest BCUT2D eigenvalue weighted by molar-refractivity contribution is 7.22. The number of fused-ring (bicyclic) bond motifs is 2. The molecule has 0 fully saturated rings. The maximum absolute atomic E-state index is 13.7. The van der Waals surface area contributed by atoms with Gasteiger partial charge in [0.2, 0.25) is 0 Å². The van der Waals surface area contributed by atoms with E-state index < -0.39 is 36.9 Å². The fourth-order valence-electron chi connectivity index (χ4n) is 6.93. The molecule has 1 aliphatic rings. The Morgan fingerprint density at radius 1 is 0.930 bits per heavy atom. The van der Waals surface area contributed by atoms with Gasteiger partial charge in [0.05, 0.1) is 29.2 Å². The number of amides is 1. The average Bonchev–Trinajstić information content (AvgIpc) is 3.60. The molecule has 4 aromatic carbocycles. The lowest BCUT2D eigenvalue weighted by molar-refractivity contribution is -0.184. The molecule has 0 aliphatic carbocycles. The third kappa shape index (κ3) is 8.76. The number of aromatic carboxylic acids is 1. The van der Waals surface area contributed by atoms with Gasteiger partial charge in [-0.15, -0.1) is 0 Å². The predicted molar refractivity (Wildman–Crippen MR) is 211 cm³/mol. The number of aromatic nitrogens is 2. The van der Waals surface area contributed by atoms with Crippen molar-refractivity contribution in [2.45, 2.75) is 45.8 Å². The second-order valence-electron chi connectivity index (χ2n) is 13.6. The number of carbonyl (C=O) groups is 3. The summed E-state index contributed by atoms with van der Waals surface area (Å²) in [6, 6.07) is 28.1. The Hall–Kier alpha value is -6.28. The first-order valence-electron chi connectivity index (χ1n) is 18.2. The smallest absolute Gasteiger partial charge is 0.392 e. The Bertz CT molecular complexity index is 2440. The number of anilines is 2. The molecule has 0 saturated carbocycles. The Kier molecular flexibility index (Phi) is 11.2. The minimum atomic E-state index is -4.58. The van der Waals surface area contributed by atoms with Crippen LogP contribution in [-0.2, 0) is 28.9 Å². The Morgan fingerprint density at radius 3 is 2.44 bits per heavy atom. The number of nitrogens with one attached hydrogen (secondary N) is 1. The lowest BCUT2D eigenvalue weighted by Gasteiger charge is -2.31. The molecule has 3 heterocycles. The highest BCUT2D eigenvalue weighted by atomic mass is 32.1. The molecule has 2 N–H and O–H groups in total. The van der Waals surface area contributed by atoms with Gasteiger partial charge in [-0.05, 0) is 103 Å². The largest absolute Gasteiger partial charge is 0.476 e. The van der Waals surface area contributed by atoms with E-state index in [1.54, 1.807) is 55.5 Å². The quantitative estimate of drug-likeness (QED) is 0.116. The van der Waals surface area contributed by atoms with Crippen molar-refractivity contribution in [1.29, 1.82) is 0 Å². The van der Waals surface area contributed by atoms with Crippen LogP contribution in [0.3, 0.4) is 0 Å². The highest BCUT2D eigenvalue weighted by Gasteiger charge is 2.41. The summed E-state index contributed by atoms with van der Waals surface area (Å²) < 4.78 is 52.9. The van der Waals surface area contributed by atoms with Crippen molar-refractivity contribution in [1.82, 2.24) is 9.97 Å². The zero-order valence-corrected chi connectivity index (χ0v) is 31.7. The first kappa shape index (κ1) is 39.0. The summed E-state index contributed by atoms with van der Waals surface area (Å²) in [6.07, 6.45) is -5.13. The maximum Gasteiger partial charge on any atom is 0.392 e. The van der Waals surface area contributed by atoms with Crippen molar-refractivity contribution in [2.24, 2.45) is 5.92 Å². The van der Waals surface area contributed by atoms with Crippen LogP contribution in [-0.4, -0.2) is 52.2 Å². The Labute approximate surface area is 329 Å². The van der Waals surface area contributed by atoms with Crippen molar-refractivity contribution in [2.75, 3.05) is 23.4 Å². The van der Waals surface area contributed by atoms with Crippen LogP contribution in [0.1, 0.15) is 56.4 Å². The molecule has 14 heteroatoms. The Balaban J connectivity index is 1.08. The van der Waals surface area contributed by atoms with Crippen LogP contribution in [0, 0.1) is 12.8 Å². The third-order valence-corrected chi connectivity index (χ3v) is 10.8. The number of pyridine rings is 1. The van der Waals surface area contributed by atoms with Crippen molar-refractivity contribution in [3.05, 3.63) is 131 Å². The van der Waals surface area contributed by atoms with E-state index in [4.69, 9.17) is 9.47 Å². The van der Waals surface area contributed by atoms with Crippen LogP contribution >= 0.6 is 11.3 Å². The number of hydrogen-bond donors (Lipinski definition) is 2. The molecule has 1 unspecified atom stereocenters. The molecular weight excluding hydrogens is 758 g/mol. The number of ether oxygens (including phenoxy) is 2. The van der Waals surface area contributed by atoms with Gasteiger partial charge in [0.25, 0.3) is 5.91 Å². The summed E-state index contributed by atoms with van der Waals surface area (Å²) in [5.74, 6) is -3.07. The highest BCUT2D eigenvalue weighted by Crippen LogP contribution is 2.37. The number of benzene rings is 4. The molecule has 10 nitrogen and oxygen atoms in total. The fourth-order valence-corrected chi connectivity index (χ4v) is 7.79. The van der Waals surface area contributed by atoms with Crippen molar-refractivity contribution in [3.8, 4) is 22.6 Å². The van der Waals surface area contributed by atoms with Crippen LogP contribution in [0.15, 0.2) is 97.1 Å². The monoisotopic (exact) mass is 794 g/mol. The number of carbonyl (C=O) groups excluding carboxylic acids is 2. The summed E-state index contributed by atoms with van der Waals surface area (Å²) in [5.41, 5.74) is 4.95. The van der Waals surface area contributed by atoms with Crippen LogP contribution < -0.4 is 15.0 Å². The molecule has 0 bridgehead atoms. The third-order valence-electron chi connectivity index (χ3n) is 9.83. The number of halogens is 3. The van der Waals surface area contributed by atoms with Crippen LogP contribution in [0.25, 0.3) is 21.3 Å². The van der Waals surface area contributed by atoms with Gasteiger partial charge in [0.15, 0.2) is 10.8 Å². The van der Waals surface area contributed by atoms with Gasteiger partial charge in [-0.2, -0.15) is 13.2 Å². The minimum Gasteiger partial charge on any atom is -0.476 e. The summed E-state index contributed by atoms with van der Waals surface area (Å²) in [5, 5.41) is 13.8. The van der Waals surface area contributed by atoms with E-state index >= 15 is 0 Å². The molecule has 0 spiro atoms. The number of rotatable bonds is 12. The maximum atomic E-state index is 13.7. The van der Waals surface area contributed by atoms with Gasteiger partial charge in [-0.1, -0.05) is 59.9 Å². The number of carboxylic acid groups (broad SMARTS) is 1. The molecule has 1 atom stereocenters. The van der Waals surface area contributed by atoms with E-state index in [1.165, 1.54) is 30.4 Å². The van der Waals surface area contributed by atoms with Crippen LogP contribution in [0.4, 0.5) is 24.1 Å². The molecule has 0 saturated heterocycles. The van der Waals surface area contributed by atoms with Gasteiger partial charge in [-0.3, -0.25) is 14.9 Å². The number of esters is 1. The average molecular weight is 795 g/mol. The lowest BCUT2D eigenvalue weighted by atomic mass is 9.94. The fraction of sp³-hybridized carbons (Fsp3) is 0.233. The van der Waals surface area contributed by atoms with Crippen molar-refractivity contribution >= 4 is 50.3 Å². The number of carboxylic acids is 1. The van der Waals surface area contributed by atoms with E-state index in [2.05, 4.69) is 15.3 Å². The predicted octanol–water partition coefficient (Wildman–Crippen LogP) is 9.65. The minimum absolute atomic E-state index is 0.000608. The number of para-hydroxylation sites is 1. The molecule has 0 radical (unpaired) electrons. The first-order valence-corrected chi connectivity index (χ1v) is 19.1. The molecule has 57 heavy (non-hydrogen) atoms. The first-order chi connectivity index (χ1) is 27.4. The molecule has 1 amide bonds. The zero-order valence-electron chi connectivity index (χ0n) is 30.9. The van der Waals surface area contributed by atoms with Crippen molar-refractivity contribution in [3.63, 3.8) is 0 Å². The van der Waals surface area contributed by atoms with E-state index in [9.17, 15) is 32.7 Å². The van der Waals surface area contributed by atoms with Gasteiger partial charge < -0.3 is 19.5 Å². The van der Waals surface area contributed by atoms with Crippen LogP contribution in [0.2, 0.25) is 0 Å². The summed E-state index contributed by atoms with van der Waals surface area (Å²) in [4.78, 5) is 49.1. The topological polar surface area (TPSA) is 131 Å². The van der Waals surface area contributed by atoms with Gasteiger partial charge in [-0.25, -0.2) is 14.8 Å². The standard InChI is InChI=1S/C43H37F3N4O6S/c1-3-55-38(51)23-28(43(44,45)46)22-26-14-16-29(17-15-26)56-35-12-7-9-30(25(35)2)31-18-19-37(48-39(31)41(53)54)50-21-20-27-8-6-10-32(33(27)24-50)40(52)49-42-47-34-11-4-5-13-36(34)57-42/h4-19,28H,3,20-24H2,1-2H3,(H,53,54)(H,47,49,52). The van der Waals surface area contributed by atoms with Gasteiger partial charge in [0, 0.05) is 24.2 Å². The lowest BCUT2D eigenvalue weighted by Crippen LogP contribution is -2.33. The number of alkyl halides is 3. The van der Waals surface area contributed by atoms with Crippen molar-refractivity contribution < 1.29 is 42.1 Å². The summed E-state index contributed by atoms with van der Waals surface area (Å²) >= 11 is 1.40. The van der Waals surface area contributed by atoms with E-state index in [0.29, 0.717) is 69.8 Å². The summed E-state index contributed by atoms with van der Waals surface area (Å²) in [7, 11) is 0. The second-order valence-corrected chi connectivity index (χ2v) is 14.6. The Morgan fingerprint density at radius 2 is 1.70 bits per heavy atom. The zero-order chi connectivity index (χ0) is 40.3. The molecule has 2 aromatic heterocycles.